The van der Waals surface area contributed by atoms with Crippen LogP contribution < -0.4 is 5.32 Å². The molecule has 0 saturated heterocycles. The molecule has 0 saturated carbocycles. The van der Waals surface area contributed by atoms with Gasteiger partial charge in [-0.1, -0.05) is 44.2 Å². The Kier molecular flexibility index (Phi) is 7.52. The highest BCUT2D eigenvalue weighted by molar-refractivity contribution is 5.75. The fourth-order valence-corrected chi connectivity index (χ4v) is 1.26. The van der Waals surface area contributed by atoms with Crippen LogP contribution in [-0.4, -0.2) is 18.1 Å². The number of nitrogens with one attached hydrogen (secondary N) is 1. The summed E-state index contributed by atoms with van der Waals surface area (Å²) in [5, 5.41) is 11.8. The van der Waals surface area contributed by atoms with Crippen LogP contribution in [0, 0.1) is 5.92 Å². The van der Waals surface area contributed by atoms with E-state index in [0.29, 0.717) is 0 Å². The van der Waals surface area contributed by atoms with Crippen LogP contribution in [0.1, 0.15) is 26.3 Å². The number of aliphatic carboxylic acids is 1. The van der Waals surface area contributed by atoms with E-state index in [1.54, 1.807) is 20.0 Å². The summed E-state index contributed by atoms with van der Waals surface area (Å²) < 4.78 is 0. The van der Waals surface area contributed by atoms with Crippen LogP contribution in [0.25, 0.3) is 5.70 Å². The van der Waals surface area contributed by atoms with Crippen LogP contribution in [0.4, 0.5) is 0 Å². The van der Waals surface area contributed by atoms with Crippen LogP contribution in [0.15, 0.2) is 36.4 Å². The topological polar surface area (TPSA) is 49.3 Å². The molecule has 0 aliphatic heterocycles. The molecular weight excluding hydrogens is 214 g/mol. The van der Waals surface area contributed by atoms with Gasteiger partial charge in [0, 0.05) is 12.7 Å². The van der Waals surface area contributed by atoms with Crippen molar-refractivity contribution in [2.24, 2.45) is 5.92 Å². The Morgan fingerprint density at radius 2 is 1.82 bits per heavy atom. The van der Waals surface area contributed by atoms with Gasteiger partial charge in [0.1, 0.15) is 0 Å². The molecule has 0 spiro atoms. The molecule has 0 aromatic heterocycles. The van der Waals surface area contributed by atoms with Gasteiger partial charge >= 0.3 is 5.97 Å². The molecular formula is C14H21NO2. The van der Waals surface area contributed by atoms with Crippen molar-refractivity contribution in [3.8, 4) is 0 Å². The average molecular weight is 235 g/mol. The number of benzene rings is 1. The molecule has 1 unspecified atom stereocenters. The van der Waals surface area contributed by atoms with Crippen LogP contribution >= 0.6 is 0 Å². The zero-order chi connectivity index (χ0) is 13.3. The van der Waals surface area contributed by atoms with Crippen LogP contribution in [0.2, 0.25) is 0 Å². The first-order chi connectivity index (χ1) is 8.15. The van der Waals surface area contributed by atoms with Crippen molar-refractivity contribution in [1.29, 1.82) is 0 Å². The smallest absolute Gasteiger partial charge is 0.310 e. The second-order valence-electron chi connectivity index (χ2n) is 3.32. The molecule has 1 rings (SSSR count). The largest absolute Gasteiger partial charge is 0.481 e. The molecule has 1 aromatic rings. The normalized spacial score (nSPS) is 12.1. The van der Waals surface area contributed by atoms with E-state index in [2.05, 4.69) is 5.32 Å². The van der Waals surface area contributed by atoms with Gasteiger partial charge in [0.25, 0.3) is 0 Å². The van der Waals surface area contributed by atoms with Crippen LogP contribution in [0.5, 0.6) is 0 Å². The lowest BCUT2D eigenvalue weighted by molar-refractivity contribution is -0.139. The van der Waals surface area contributed by atoms with Gasteiger partial charge < -0.3 is 10.4 Å². The molecule has 3 nitrogen and oxygen atoms in total. The van der Waals surface area contributed by atoms with Gasteiger partial charge in [0.15, 0.2) is 0 Å². The van der Waals surface area contributed by atoms with E-state index in [1.165, 1.54) is 0 Å². The summed E-state index contributed by atoms with van der Waals surface area (Å²) in [4.78, 5) is 10.7. The summed E-state index contributed by atoms with van der Waals surface area (Å²) in [6.07, 6.45) is 1.71. The lowest BCUT2D eigenvalue weighted by Gasteiger charge is -2.08. The Labute approximate surface area is 103 Å². The second-order valence-corrected chi connectivity index (χ2v) is 3.32. The molecule has 2 N–H and O–H groups in total. The number of carbonyl (C=O) groups is 1. The van der Waals surface area contributed by atoms with Crippen molar-refractivity contribution in [2.45, 2.75) is 20.8 Å². The SMILES string of the molecule is CC.CN/C(=C\C(C)C(=O)O)c1ccccc1. The molecule has 0 heterocycles. The zero-order valence-electron chi connectivity index (χ0n) is 10.9. The summed E-state index contributed by atoms with van der Waals surface area (Å²) in [7, 11) is 1.79. The van der Waals surface area contributed by atoms with Gasteiger partial charge in [-0.3, -0.25) is 4.79 Å². The molecule has 0 bridgehead atoms. The predicted molar refractivity (Wildman–Crippen MR) is 71.6 cm³/mol. The van der Waals surface area contributed by atoms with E-state index < -0.39 is 11.9 Å². The minimum Gasteiger partial charge on any atom is -0.481 e. The van der Waals surface area contributed by atoms with Crippen molar-refractivity contribution in [3.63, 3.8) is 0 Å². The molecule has 1 atom stereocenters. The highest BCUT2D eigenvalue weighted by Gasteiger charge is 2.09. The third-order valence-electron chi connectivity index (χ3n) is 2.16. The van der Waals surface area contributed by atoms with Crippen LogP contribution in [-0.2, 0) is 4.79 Å². The number of hydrogen-bond acceptors (Lipinski definition) is 2. The standard InChI is InChI=1S/C12H15NO2.C2H6/c1-9(12(14)15)8-11(13-2)10-6-4-3-5-7-10;1-2/h3-9,13H,1-2H3,(H,14,15);1-2H3/b11-8-;. The van der Waals surface area contributed by atoms with Gasteiger partial charge in [-0.15, -0.1) is 0 Å². The van der Waals surface area contributed by atoms with E-state index >= 15 is 0 Å². The van der Waals surface area contributed by atoms with Gasteiger partial charge in [0.2, 0.25) is 0 Å². The summed E-state index contributed by atoms with van der Waals surface area (Å²) in [6, 6.07) is 9.66. The monoisotopic (exact) mass is 235 g/mol. The molecule has 17 heavy (non-hydrogen) atoms. The molecule has 0 radical (unpaired) electrons. The predicted octanol–water partition coefficient (Wildman–Crippen LogP) is 2.99. The first kappa shape index (κ1) is 15.2. The molecule has 0 fully saturated rings. The minimum absolute atomic E-state index is 0.493. The first-order valence-corrected chi connectivity index (χ1v) is 5.83. The lowest BCUT2D eigenvalue weighted by atomic mass is 10.1. The average Bonchev–Trinajstić information content (AvgIpc) is 2.38. The van der Waals surface area contributed by atoms with E-state index in [0.717, 1.165) is 11.3 Å². The van der Waals surface area contributed by atoms with E-state index in [1.807, 2.05) is 44.2 Å². The van der Waals surface area contributed by atoms with Crippen LogP contribution in [0.3, 0.4) is 0 Å². The number of carboxylic acids is 1. The van der Waals surface area contributed by atoms with Crippen molar-refractivity contribution < 1.29 is 9.90 Å². The quantitative estimate of drug-likeness (QED) is 0.843. The van der Waals surface area contributed by atoms with Gasteiger partial charge in [0.05, 0.1) is 5.92 Å². The number of hydrogen-bond donors (Lipinski definition) is 2. The van der Waals surface area contributed by atoms with Crippen molar-refractivity contribution >= 4 is 11.7 Å². The summed E-state index contributed by atoms with van der Waals surface area (Å²) in [5.41, 5.74) is 1.83. The highest BCUT2D eigenvalue weighted by atomic mass is 16.4. The fraction of sp³-hybridized carbons (Fsp3) is 0.357. The molecule has 3 heteroatoms. The molecule has 0 amide bonds. The molecule has 0 aliphatic rings. The van der Waals surface area contributed by atoms with Crippen molar-refractivity contribution in [2.75, 3.05) is 7.05 Å². The summed E-state index contributed by atoms with van der Waals surface area (Å²) in [5.74, 6) is -1.31. The molecule has 0 aliphatic carbocycles. The van der Waals surface area contributed by atoms with E-state index in [-0.39, 0.29) is 0 Å². The number of rotatable bonds is 4. The Bertz CT molecular complexity index is 358. The summed E-state index contributed by atoms with van der Waals surface area (Å²) in [6.45, 7) is 5.66. The second kappa shape index (κ2) is 8.39. The van der Waals surface area contributed by atoms with Gasteiger partial charge in [-0.05, 0) is 18.6 Å². The third-order valence-corrected chi connectivity index (χ3v) is 2.16. The number of carboxylic acid groups (broad SMARTS) is 1. The Balaban J connectivity index is 0.00000121. The maximum absolute atomic E-state index is 10.7. The maximum Gasteiger partial charge on any atom is 0.310 e. The van der Waals surface area contributed by atoms with Crippen molar-refractivity contribution in [3.05, 3.63) is 42.0 Å². The third kappa shape index (κ3) is 5.20. The zero-order valence-corrected chi connectivity index (χ0v) is 10.9. The van der Waals surface area contributed by atoms with Gasteiger partial charge in [-0.25, -0.2) is 0 Å². The Morgan fingerprint density at radius 3 is 2.24 bits per heavy atom. The molecule has 1 aromatic carbocycles. The maximum atomic E-state index is 10.7. The molecule has 94 valence electrons. The van der Waals surface area contributed by atoms with Crippen molar-refractivity contribution in [1.82, 2.24) is 5.32 Å². The lowest BCUT2D eigenvalue weighted by Crippen LogP contribution is -2.11. The summed E-state index contributed by atoms with van der Waals surface area (Å²) >= 11 is 0. The first-order valence-electron chi connectivity index (χ1n) is 5.83. The van der Waals surface area contributed by atoms with E-state index in [9.17, 15) is 4.79 Å². The minimum atomic E-state index is -0.821. The van der Waals surface area contributed by atoms with E-state index in [4.69, 9.17) is 5.11 Å². The highest BCUT2D eigenvalue weighted by Crippen LogP contribution is 2.13. The van der Waals surface area contributed by atoms with Gasteiger partial charge in [-0.2, -0.15) is 0 Å². The fourth-order valence-electron chi connectivity index (χ4n) is 1.26. The Morgan fingerprint density at radius 1 is 1.29 bits per heavy atom. The Hall–Kier alpha value is -1.77.